The molecule has 6 rings (SSSR count). The normalized spacial score (nSPS) is 20.1. The number of β-lactam (4-membered cyclic amide) rings is 1. The van der Waals surface area contributed by atoms with E-state index in [1.54, 1.807) is 0 Å². The lowest BCUT2D eigenvalue weighted by molar-refractivity contribution is -0.134. The molecule has 0 radical (unpaired) electrons. The van der Waals surface area contributed by atoms with Gasteiger partial charge in [0.15, 0.2) is 0 Å². The van der Waals surface area contributed by atoms with Crippen LogP contribution in [0.5, 0.6) is 0 Å². The lowest BCUT2D eigenvalue weighted by atomic mass is 9.75. The maximum Gasteiger partial charge on any atom is 0.328 e. The number of halogens is 1. The maximum atomic E-state index is 12.5. The van der Waals surface area contributed by atoms with Crippen molar-refractivity contribution in [2.75, 3.05) is 18.0 Å². The highest BCUT2D eigenvalue weighted by molar-refractivity contribution is 6.30. The fourth-order valence-electron chi connectivity index (χ4n) is 5.96. The van der Waals surface area contributed by atoms with Gasteiger partial charge in [-0.05, 0) is 65.4 Å². The summed E-state index contributed by atoms with van der Waals surface area (Å²) in [5, 5.41) is 19.1. The van der Waals surface area contributed by atoms with Gasteiger partial charge in [-0.1, -0.05) is 48.0 Å². The lowest BCUT2D eigenvalue weighted by Crippen LogP contribution is -2.67. The van der Waals surface area contributed by atoms with Crippen LogP contribution in [-0.4, -0.2) is 51.6 Å². The van der Waals surface area contributed by atoms with E-state index in [0.29, 0.717) is 29.6 Å². The molecule has 3 aromatic rings. The molecule has 7 nitrogen and oxygen atoms in total. The molecular weight excluding hydrogens is 492 g/mol. The molecule has 2 aliphatic heterocycles. The highest BCUT2D eigenvalue weighted by atomic mass is 35.5. The zero-order valence-corrected chi connectivity index (χ0v) is 20.9. The van der Waals surface area contributed by atoms with Crippen LogP contribution in [0.15, 0.2) is 72.8 Å². The Morgan fingerprint density at radius 3 is 2.14 bits per heavy atom. The molecule has 2 N–H and O–H groups in total. The van der Waals surface area contributed by atoms with E-state index in [4.69, 9.17) is 21.8 Å². The number of carboxylic acid groups (broad SMARTS) is 2. The first-order chi connectivity index (χ1) is 17.8. The summed E-state index contributed by atoms with van der Waals surface area (Å²) >= 11 is 6.04. The minimum Gasteiger partial charge on any atom is -0.478 e. The molecule has 1 amide bonds. The number of hydrogen-bond acceptors (Lipinski definition) is 4. The summed E-state index contributed by atoms with van der Waals surface area (Å²) in [6.07, 6.45) is 4.95. The largest absolute Gasteiger partial charge is 0.478 e. The lowest BCUT2D eigenvalue weighted by Gasteiger charge is -2.56. The number of carboxylic acids is 2. The zero-order valence-electron chi connectivity index (χ0n) is 20.1. The van der Waals surface area contributed by atoms with Crippen molar-refractivity contribution >= 4 is 45.9 Å². The first kappa shape index (κ1) is 25.0. The van der Waals surface area contributed by atoms with Crippen LogP contribution in [0.4, 0.5) is 5.69 Å². The second-order valence-electron chi connectivity index (χ2n) is 9.73. The van der Waals surface area contributed by atoms with Crippen LogP contribution in [0.25, 0.3) is 10.8 Å². The summed E-state index contributed by atoms with van der Waals surface area (Å²) in [5.41, 5.74) is 3.93. The quantitative estimate of drug-likeness (QED) is 0.369. The molecule has 8 heteroatoms. The minimum absolute atomic E-state index is 0.0150. The van der Waals surface area contributed by atoms with E-state index < -0.39 is 11.9 Å². The molecular formula is C29H27ClN2O5. The molecule has 2 saturated heterocycles. The number of hydrogen-bond donors (Lipinski definition) is 2. The van der Waals surface area contributed by atoms with Gasteiger partial charge in [-0.25, -0.2) is 9.59 Å². The number of anilines is 1. The average molecular weight is 519 g/mol. The van der Waals surface area contributed by atoms with Gasteiger partial charge in [0, 0.05) is 42.0 Å². The van der Waals surface area contributed by atoms with Crippen LogP contribution in [0, 0.1) is 0 Å². The van der Waals surface area contributed by atoms with E-state index in [9.17, 15) is 14.4 Å². The summed E-state index contributed by atoms with van der Waals surface area (Å²) in [5.74, 6) is -2.28. The number of likely N-dealkylation sites (tertiary alicyclic amines) is 1. The zero-order chi connectivity index (χ0) is 26.2. The molecule has 0 saturated carbocycles. The Morgan fingerprint density at radius 2 is 1.54 bits per heavy atom. The smallest absolute Gasteiger partial charge is 0.328 e. The minimum atomic E-state index is -1.26. The number of amides is 1. The van der Waals surface area contributed by atoms with Crippen LogP contribution in [0.1, 0.15) is 36.4 Å². The molecule has 190 valence electrons. The third kappa shape index (κ3) is 4.84. The van der Waals surface area contributed by atoms with Crippen LogP contribution in [0.2, 0.25) is 5.02 Å². The number of aliphatic carboxylic acids is 2. The predicted octanol–water partition coefficient (Wildman–Crippen LogP) is 5.07. The van der Waals surface area contributed by atoms with Crippen LogP contribution >= 0.6 is 11.6 Å². The Morgan fingerprint density at radius 1 is 0.919 bits per heavy atom. The van der Waals surface area contributed by atoms with E-state index >= 15 is 0 Å². The highest BCUT2D eigenvalue weighted by Crippen LogP contribution is 2.47. The van der Waals surface area contributed by atoms with Gasteiger partial charge in [0.1, 0.15) is 0 Å². The van der Waals surface area contributed by atoms with Crippen molar-refractivity contribution in [2.45, 2.75) is 37.3 Å². The summed E-state index contributed by atoms with van der Waals surface area (Å²) in [4.78, 5) is 36.3. The van der Waals surface area contributed by atoms with Gasteiger partial charge in [-0.3, -0.25) is 9.69 Å². The summed E-state index contributed by atoms with van der Waals surface area (Å²) < 4.78 is 0. The molecule has 3 aromatic carbocycles. The van der Waals surface area contributed by atoms with Crippen LogP contribution in [-0.2, 0) is 20.8 Å². The Bertz CT molecular complexity index is 1370. The Kier molecular flexibility index (Phi) is 6.75. The predicted molar refractivity (Wildman–Crippen MR) is 142 cm³/mol. The van der Waals surface area contributed by atoms with Crippen molar-refractivity contribution in [2.24, 2.45) is 0 Å². The van der Waals surface area contributed by atoms with Gasteiger partial charge in [0.05, 0.1) is 12.0 Å². The molecule has 0 aromatic heterocycles. The van der Waals surface area contributed by atoms with E-state index in [1.165, 1.54) is 21.9 Å². The summed E-state index contributed by atoms with van der Waals surface area (Å²) in [6, 6.07) is 21.6. The maximum absolute atomic E-state index is 12.5. The van der Waals surface area contributed by atoms with Crippen LogP contribution in [0.3, 0.4) is 0 Å². The van der Waals surface area contributed by atoms with Gasteiger partial charge >= 0.3 is 11.9 Å². The fourth-order valence-corrected chi connectivity index (χ4v) is 6.08. The standard InChI is InChI=1S/C25H23ClN2O.C4H4O4/c26-19-7-9-20(10-8-19)28-23(29)16-25(28)11-13-27(14-12-25)22-15-18-5-1-3-17-4-2-6-21(22)24(17)18;5-3(6)1-2-4(7)8/h1-10,22H,11-16H2;1-2H,(H,5,6)(H,7,8)/b;2-1+. The first-order valence-corrected chi connectivity index (χ1v) is 12.6. The van der Waals surface area contributed by atoms with Crippen molar-refractivity contribution < 1.29 is 24.6 Å². The Labute approximate surface area is 219 Å². The molecule has 1 spiro atoms. The molecule has 1 aliphatic carbocycles. The van der Waals surface area contributed by atoms with E-state index in [1.807, 2.05) is 29.2 Å². The van der Waals surface area contributed by atoms with Crippen molar-refractivity contribution in [3.63, 3.8) is 0 Å². The number of benzene rings is 3. The number of carbonyl (C=O) groups excluding carboxylic acids is 1. The summed E-state index contributed by atoms with van der Waals surface area (Å²) in [6.45, 7) is 2.07. The SMILES string of the molecule is O=C(O)/C=C/C(=O)O.O=C1CC2(CCN(C3Cc4cccc5cccc3c45)CC2)N1c1ccc(Cl)cc1. The van der Waals surface area contributed by atoms with Gasteiger partial charge < -0.3 is 15.1 Å². The average Bonchev–Trinajstić information content (AvgIpc) is 3.25. The Balaban J connectivity index is 0.000000307. The number of nitrogens with zero attached hydrogens (tertiary/aromatic N) is 2. The molecule has 2 fully saturated rings. The van der Waals surface area contributed by atoms with E-state index in [-0.39, 0.29) is 11.4 Å². The molecule has 0 bridgehead atoms. The van der Waals surface area contributed by atoms with Gasteiger partial charge in [-0.2, -0.15) is 0 Å². The highest BCUT2D eigenvalue weighted by Gasteiger charge is 2.53. The molecule has 3 aliphatic rings. The first-order valence-electron chi connectivity index (χ1n) is 12.2. The number of rotatable bonds is 4. The van der Waals surface area contributed by atoms with E-state index in [2.05, 4.69) is 41.3 Å². The monoisotopic (exact) mass is 518 g/mol. The fraction of sp³-hybridized carbons (Fsp3) is 0.276. The third-order valence-electron chi connectivity index (χ3n) is 7.62. The molecule has 1 atom stereocenters. The van der Waals surface area contributed by atoms with Crippen molar-refractivity contribution in [3.8, 4) is 0 Å². The second-order valence-corrected chi connectivity index (χ2v) is 10.2. The molecule has 1 unspecified atom stereocenters. The third-order valence-corrected chi connectivity index (χ3v) is 7.87. The molecule has 2 heterocycles. The van der Waals surface area contributed by atoms with Gasteiger partial charge in [-0.15, -0.1) is 0 Å². The Hall–Kier alpha value is -3.68. The van der Waals surface area contributed by atoms with Gasteiger partial charge in [0.25, 0.3) is 0 Å². The van der Waals surface area contributed by atoms with E-state index in [0.717, 1.165) is 38.0 Å². The number of carbonyl (C=O) groups is 3. The van der Waals surface area contributed by atoms with Crippen molar-refractivity contribution in [1.82, 2.24) is 4.90 Å². The topological polar surface area (TPSA) is 98.1 Å². The van der Waals surface area contributed by atoms with Gasteiger partial charge in [0.2, 0.25) is 5.91 Å². The van der Waals surface area contributed by atoms with Crippen LogP contribution < -0.4 is 4.90 Å². The van der Waals surface area contributed by atoms with Crippen molar-refractivity contribution in [3.05, 3.63) is 89.0 Å². The summed E-state index contributed by atoms with van der Waals surface area (Å²) in [7, 11) is 0. The van der Waals surface area contributed by atoms with Crippen molar-refractivity contribution in [1.29, 1.82) is 0 Å². The number of piperidine rings is 1. The molecule has 37 heavy (non-hydrogen) atoms. The second kappa shape index (κ2) is 10.00.